The van der Waals surface area contributed by atoms with E-state index in [1.165, 1.54) is 11.1 Å². The van der Waals surface area contributed by atoms with Crippen LogP contribution in [-0.4, -0.2) is 30.9 Å². The maximum absolute atomic E-state index is 12.8. The molecule has 0 unspecified atom stereocenters. The number of ketones is 1. The molecule has 3 nitrogen and oxygen atoms in total. The molecule has 3 heteroatoms. The fourth-order valence-electron chi connectivity index (χ4n) is 5.22. The van der Waals surface area contributed by atoms with Gasteiger partial charge in [-0.25, -0.2) is 0 Å². The van der Waals surface area contributed by atoms with Crippen LogP contribution in [0.1, 0.15) is 73.0 Å². The van der Waals surface area contributed by atoms with Crippen molar-refractivity contribution in [3.05, 3.63) is 64.7 Å². The quantitative estimate of drug-likeness (QED) is 0.520. The van der Waals surface area contributed by atoms with Crippen molar-refractivity contribution in [1.82, 2.24) is 4.90 Å². The average molecular weight is 406 g/mol. The van der Waals surface area contributed by atoms with E-state index in [1.807, 2.05) is 0 Å². The molecule has 160 valence electrons. The van der Waals surface area contributed by atoms with Gasteiger partial charge in [-0.15, -0.1) is 0 Å². The van der Waals surface area contributed by atoms with Gasteiger partial charge in [0.05, 0.1) is 7.11 Å². The zero-order valence-electron chi connectivity index (χ0n) is 18.7. The van der Waals surface area contributed by atoms with Crippen molar-refractivity contribution in [1.29, 1.82) is 0 Å². The third kappa shape index (κ3) is 4.05. The van der Waals surface area contributed by atoms with Gasteiger partial charge in [-0.05, 0) is 57.2 Å². The molecular weight excluding hydrogens is 370 g/mol. The van der Waals surface area contributed by atoms with Crippen molar-refractivity contribution in [2.24, 2.45) is 5.92 Å². The minimum Gasteiger partial charge on any atom is -0.496 e. The molecule has 2 aromatic rings. The van der Waals surface area contributed by atoms with E-state index in [4.69, 9.17) is 4.74 Å². The molecule has 0 atom stereocenters. The molecule has 2 fully saturated rings. The Morgan fingerprint density at radius 2 is 1.77 bits per heavy atom. The second-order valence-electron chi connectivity index (χ2n) is 9.06. The summed E-state index contributed by atoms with van der Waals surface area (Å²) in [5, 5.41) is 0. The Morgan fingerprint density at radius 1 is 1.07 bits per heavy atom. The second-order valence-corrected chi connectivity index (χ2v) is 9.06. The Bertz CT molecular complexity index is 877. The Balaban J connectivity index is 1.59. The number of Topliss-reactive ketones (excluding diaryl/α,β-unsaturated/α-hetero) is 1. The SMILES string of the molecule is CCc1c(C(=O)C2CC2)ccc(C2(CC)CCN(Cc3ccccc3)CC2)c1OC. The molecule has 0 radical (unpaired) electrons. The van der Waals surface area contributed by atoms with E-state index in [0.717, 1.165) is 75.0 Å². The topological polar surface area (TPSA) is 29.5 Å². The van der Waals surface area contributed by atoms with Crippen molar-refractivity contribution in [3.63, 3.8) is 0 Å². The van der Waals surface area contributed by atoms with Crippen LogP contribution in [0.4, 0.5) is 0 Å². The highest BCUT2D eigenvalue weighted by Crippen LogP contribution is 2.46. The molecule has 4 rings (SSSR count). The molecule has 1 saturated heterocycles. The van der Waals surface area contributed by atoms with E-state index in [1.54, 1.807) is 7.11 Å². The summed E-state index contributed by atoms with van der Waals surface area (Å²) in [7, 11) is 1.78. The summed E-state index contributed by atoms with van der Waals surface area (Å²) in [6.07, 6.45) is 6.29. The largest absolute Gasteiger partial charge is 0.496 e. The lowest BCUT2D eigenvalue weighted by molar-refractivity contribution is 0.0966. The molecular formula is C27H35NO2. The van der Waals surface area contributed by atoms with Gasteiger partial charge in [0.1, 0.15) is 5.75 Å². The Hall–Kier alpha value is -2.13. The first-order valence-electron chi connectivity index (χ1n) is 11.6. The van der Waals surface area contributed by atoms with Crippen LogP contribution in [0.25, 0.3) is 0 Å². The monoisotopic (exact) mass is 405 g/mol. The maximum Gasteiger partial charge on any atom is 0.166 e. The Labute approximate surface area is 181 Å². The summed E-state index contributed by atoms with van der Waals surface area (Å²) in [5.41, 5.74) is 4.84. The molecule has 1 heterocycles. The maximum atomic E-state index is 12.8. The lowest BCUT2D eigenvalue weighted by Crippen LogP contribution is -2.42. The van der Waals surface area contributed by atoms with Crippen LogP contribution in [0.5, 0.6) is 5.75 Å². The fraction of sp³-hybridized carbons (Fsp3) is 0.519. The predicted octanol–water partition coefficient (Wildman–Crippen LogP) is 5.79. The number of piperidine rings is 1. The third-order valence-corrected chi connectivity index (χ3v) is 7.34. The summed E-state index contributed by atoms with van der Waals surface area (Å²) in [6.45, 7) is 7.66. The van der Waals surface area contributed by atoms with Crippen molar-refractivity contribution in [2.75, 3.05) is 20.2 Å². The van der Waals surface area contributed by atoms with Gasteiger partial charge >= 0.3 is 0 Å². The number of likely N-dealkylation sites (tertiary alicyclic amines) is 1. The molecule has 1 aliphatic heterocycles. The van der Waals surface area contributed by atoms with Crippen molar-refractivity contribution >= 4 is 5.78 Å². The zero-order valence-corrected chi connectivity index (χ0v) is 18.7. The smallest absolute Gasteiger partial charge is 0.166 e. The summed E-state index contributed by atoms with van der Waals surface area (Å²) in [6, 6.07) is 15.1. The molecule has 0 N–H and O–H groups in total. The number of benzene rings is 2. The third-order valence-electron chi connectivity index (χ3n) is 7.34. The van der Waals surface area contributed by atoms with E-state index in [0.29, 0.717) is 5.78 Å². The van der Waals surface area contributed by atoms with E-state index >= 15 is 0 Å². The van der Waals surface area contributed by atoms with Crippen molar-refractivity contribution in [3.8, 4) is 5.75 Å². The lowest BCUT2D eigenvalue weighted by atomic mass is 9.69. The minimum absolute atomic E-state index is 0.129. The second kappa shape index (κ2) is 8.93. The molecule has 0 spiro atoms. The van der Waals surface area contributed by atoms with Crippen LogP contribution in [0.2, 0.25) is 0 Å². The molecule has 1 saturated carbocycles. The van der Waals surface area contributed by atoms with E-state index < -0.39 is 0 Å². The number of carbonyl (C=O) groups excluding carboxylic acids is 1. The Morgan fingerprint density at radius 3 is 2.33 bits per heavy atom. The van der Waals surface area contributed by atoms with Crippen LogP contribution in [0, 0.1) is 5.92 Å². The first-order chi connectivity index (χ1) is 14.6. The molecule has 0 amide bonds. The van der Waals surface area contributed by atoms with Crippen molar-refractivity contribution in [2.45, 2.75) is 64.3 Å². The van der Waals surface area contributed by atoms with Gasteiger partial charge in [-0.1, -0.05) is 56.3 Å². The summed E-state index contributed by atoms with van der Waals surface area (Å²) in [4.78, 5) is 15.4. The van der Waals surface area contributed by atoms with Crippen LogP contribution < -0.4 is 4.74 Å². The molecule has 1 aliphatic carbocycles. The summed E-state index contributed by atoms with van der Waals surface area (Å²) in [5.74, 6) is 1.54. The van der Waals surface area contributed by atoms with E-state index in [-0.39, 0.29) is 11.3 Å². The van der Waals surface area contributed by atoms with Gasteiger partial charge < -0.3 is 4.74 Å². The van der Waals surface area contributed by atoms with Gasteiger partial charge in [-0.2, -0.15) is 0 Å². The van der Waals surface area contributed by atoms with Gasteiger partial charge in [0.25, 0.3) is 0 Å². The first-order valence-corrected chi connectivity index (χ1v) is 11.6. The molecule has 2 aliphatic rings. The number of carbonyl (C=O) groups is 1. The first kappa shape index (κ1) is 21.1. The normalized spacial score (nSPS) is 18.9. The molecule has 0 bridgehead atoms. The number of hydrogen-bond acceptors (Lipinski definition) is 3. The van der Waals surface area contributed by atoms with Crippen LogP contribution in [-0.2, 0) is 18.4 Å². The number of methoxy groups -OCH3 is 1. The van der Waals surface area contributed by atoms with Crippen LogP contribution >= 0.6 is 0 Å². The van der Waals surface area contributed by atoms with E-state index in [2.05, 4.69) is 61.2 Å². The van der Waals surface area contributed by atoms with Gasteiger partial charge in [0.15, 0.2) is 5.78 Å². The van der Waals surface area contributed by atoms with Gasteiger partial charge in [-0.3, -0.25) is 9.69 Å². The zero-order chi connectivity index (χ0) is 21.1. The average Bonchev–Trinajstić information content (AvgIpc) is 3.64. The minimum atomic E-state index is 0.129. The Kier molecular flexibility index (Phi) is 6.29. The molecule has 30 heavy (non-hydrogen) atoms. The highest BCUT2D eigenvalue weighted by molar-refractivity contribution is 6.01. The highest BCUT2D eigenvalue weighted by atomic mass is 16.5. The molecule has 2 aromatic carbocycles. The summed E-state index contributed by atoms with van der Waals surface area (Å²) < 4.78 is 6.00. The van der Waals surface area contributed by atoms with Crippen molar-refractivity contribution < 1.29 is 9.53 Å². The predicted molar refractivity (Wildman–Crippen MR) is 122 cm³/mol. The van der Waals surface area contributed by atoms with Crippen LogP contribution in [0.3, 0.4) is 0 Å². The highest BCUT2D eigenvalue weighted by Gasteiger charge is 2.39. The molecule has 0 aromatic heterocycles. The van der Waals surface area contributed by atoms with Gasteiger partial charge in [0, 0.05) is 34.6 Å². The standard InChI is InChI=1S/C27H35NO2/c1-4-22-23(25(29)21-11-12-21)13-14-24(26(22)30-3)27(5-2)15-17-28(18-16-27)19-20-9-7-6-8-10-20/h6-10,13-14,21H,4-5,11-12,15-19H2,1-3H3. The lowest BCUT2D eigenvalue weighted by Gasteiger charge is -2.43. The number of nitrogens with zero attached hydrogens (tertiary/aromatic N) is 1. The fourth-order valence-corrected chi connectivity index (χ4v) is 5.22. The van der Waals surface area contributed by atoms with Gasteiger partial charge in [0.2, 0.25) is 0 Å². The number of ether oxygens (including phenoxy) is 1. The van der Waals surface area contributed by atoms with Crippen LogP contribution in [0.15, 0.2) is 42.5 Å². The van der Waals surface area contributed by atoms with E-state index in [9.17, 15) is 4.79 Å². The number of hydrogen-bond donors (Lipinski definition) is 0. The summed E-state index contributed by atoms with van der Waals surface area (Å²) >= 11 is 0. The number of rotatable bonds is 8.